The van der Waals surface area contributed by atoms with Crippen LogP contribution in [0.1, 0.15) is 5.56 Å². The maximum atomic E-state index is 9.35. The van der Waals surface area contributed by atoms with E-state index < -0.39 is 0 Å². The molecule has 0 unspecified atom stereocenters. The van der Waals surface area contributed by atoms with Crippen molar-refractivity contribution in [3.8, 4) is 5.69 Å². The van der Waals surface area contributed by atoms with Crippen LogP contribution in [0.25, 0.3) is 5.69 Å². The van der Waals surface area contributed by atoms with Gasteiger partial charge in [-0.15, -0.1) is 0 Å². The lowest BCUT2D eigenvalue weighted by Gasteiger charge is -2.40. The second-order valence-electron chi connectivity index (χ2n) is 5.37. The number of rotatable bonds is 6. The highest BCUT2D eigenvalue weighted by atomic mass is 16.5. The van der Waals surface area contributed by atoms with Crippen molar-refractivity contribution in [1.82, 2.24) is 15.1 Å². The number of benzene rings is 1. The predicted molar refractivity (Wildman–Crippen MR) is 75.6 cm³/mol. The standard InChI is InChI=1S/C15H19N3O2/c19-10-15(11-20-12-15)9-16-8-13-2-4-14(5-3-13)18-7-1-6-17-18/h1-7,16,19H,8-12H2. The van der Waals surface area contributed by atoms with E-state index in [-0.39, 0.29) is 12.0 Å². The molecule has 2 aromatic rings. The third-order valence-corrected chi connectivity index (χ3v) is 3.69. The fraction of sp³-hybridized carbons (Fsp3) is 0.400. The Kier molecular flexibility index (Phi) is 3.82. The minimum atomic E-state index is -0.0744. The van der Waals surface area contributed by atoms with Crippen LogP contribution in [0.4, 0.5) is 0 Å². The summed E-state index contributed by atoms with van der Waals surface area (Å²) in [6, 6.07) is 10.2. The summed E-state index contributed by atoms with van der Waals surface area (Å²) < 4.78 is 7.02. The van der Waals surface area contributed by atoms with Gasteiger partial charge in [0.1, 0.15) is 0 Å². The monoisotopic (exact) mass is 273 g/mol. The lowest BCUT2D eigenvalue weighted by Crippen LogP contribution is -2.52. The molecule has 1 fully saturated rings. The number of nitrogens with one attached hydrogen (secondary N) is 1. The Balaban J connectivity index is 1.53. The van der Waals surface area contributed by atoms with Crippen LogP contribution in [-0.4, -0.2) is 41.3 Å². The summed E-state index contributed by atoms with van der Waals surface area (Å²) in [6.45, 7) is 3.05. The van der Waals surface area contributed by atoms with E-state index >= 15 is 0 Å². The number of ether oxygens (including phenoxy) is 1. The summed E-state index contributed by atoms with van der Waals surface area (Å²) in [5, 5.41) is 16.9. The first kappa shape index (κ1) is 13.3. The molecule has 1 aromatic heterocycles. The summed E-state index contributed by atoms with van der Waals surface area (Å²) in [5.74, 6) is 0. The van der Waals surface area contributed by atoms with Gasteiger partial charge in [-0.25, -0.2) is 4.68 Å². The molecule has 1 aromatic carbocycles. The van der Waals surface area contributed by atoms with Crippen molar-refractivity contribution in [3.05, 3.63) is 48.3 Å². The zero-order valence-corrected chi connectivity index (χ0v) is 11.3. The molecule has 5 heteroatoms. The van der Waals surface area contributed by atoms with E-state index in [0.29, 0.717) is 13.2 Å². The number of aliphatic hydroxyl groups is 1. The van der Waals surface area contributed by atoms with E-state index in [0.717, 1.165) is 18.8 Å². The number of hydrogen-bond acceptors (Lipinski definition) is 4. The Morgan fingerprint density at radius 2 is 2.10 bits per heavy atom. The molecule has 0 bridgehead atoms. The largest absolute Gasteiger partial charge is 0.396 e. The predicted octanol–water partition coefficient (Wildman–Crippen LogP) is 0.971. The van der Waals surface area contributed by atoms with Gasteiger partial charge in [-0.2, -0.15) is 5.10 Å². The summed E-state index contributed by atoms with van der Waals surface area (Å²) in [7, 11) is 0. The van der Waals surface area contributed by atoms with E-state index in [2.05, 4.69) is 34.7 Å². The molecule has 5 nitrogen and oxygen atoms in total. The van der Waals surface area contributed by atoms with Crippen molar-refractivity contribution in [2.24, 2.45) is 5.41 Å². The minimum Gasteiger partial charge on any atom is -0.396 e. The SMILES string of the molecule is OCC1(CNCc2ccc(-n3cccn3)cc2)COC1. The van der Waals surface area contributed by atoms with Gasteiger partial charge in [-0.3, -0.25) is 0 Å². The molecule has 0 saturated carbocycles. The van der Waals surface area contributed by atoms with Crippen LogP contribution in [-0.2, 0) is 11.3 Å². The molecule has 0 atom stereocenters. The number of aromatic nitrogens is 2. The molecule has 1 aliphatic rings. The average Bonchev–Trinajstić information content (AvgIpc) is 2.97. The lowest BCUT2D eigenvalue weighted by atomic mass is 9.87. The first-order valence-corrected chi connectivity index (χ1v) is 6.80. The van der Waals surface area contributed by atoms with Crippen LogP contribution in [0.15, 0.2) is 42.7 Å². The first-order chi connectivity index (χ1) is 9.81. The van der Waals surface area contributed by atoms with Gasteiger partial charge < -0.3 is 15.2 Å². The molecule has 0 spiro atoms. The topological polar surface area (TPSA) is 59.3 Å². The number of hydrogen-bond donors (Lipinski definition) is 2. The zero-order valence-electron chi connectivity index (χ0n) is 11.3. The Labute approximate surface area is 118 Å². The van der Waals surface area contributed by atoms with Crippen LogP contribution in [0.2, 0.25) is 0 Å². The molecule has 1 saturated heterocycles. The highest BCUT2D eigenvalue weighted by Crippen LogP contribution is 2.25. The molecule has 106 valence electrons. The van der Waals surface area contributed by atoms with Crippen LogP contribution in [0.5, 0.6) is 0 Å². The Morgan fingerprint density at radius 3 is 2.65 bits per heavy atom. The normalized spacial score (nSPS) is 16.9. The second kappa shape index (κ2) is 5.75. The zero-order chi connectivity index (χ0) is 13.8. The second-order valence-corrected chi connectivity index (χ2v) is 5.37. The fourth-order valence-corrected chi connectivity index (χ4v) is 2.30. The smallest absolute Gasteiger partial charge is 0.0645 e. The van der Waals surface area contributed by atoms with E-state index in [1.54, 1.807) is 6.20 Å². The molecule has 0 aliphatic carbocycles. The van der Waals surface area contributed by atoms with Gasteiger partial charge in [0.2, 0.25) is 0 Å². The highest BCUT2D eigenvalue weighted by molar-refractivity contribution is 5.33. The van der Waals surface area contributed by atoms with Crippen molar-refractivity contribution in [2.75, 3.05) is 26.4 Å². The summed E-state index contributed by atoms with van der Waals surface area (Å²) in [5.41, 5.74) is 2.20. The van der Waals surface area contributed by atoms with E-state index in [1.807, 2.05) is 16.9 Å². The quantitative estimate of drug-likeness (QED) is 0.823. The summed E-state index contributed by atoms with van der Waals surface area (Å²) in [4.78, 5) is 0. The Hall–Kier alpha value is -1.69. The minimum absolute atomic E-state index is 0.0744. The number of aliphatic hydroxyl groups excluding tert-OH is 1. The van der Waals surface area contributed by atoms with Gasteiger partial charge in [0.25, 0.3) is 0 Å². The summed E-state index contributed by atoms with van der Waals surface area (Å²) in [6.07, 6.45) is 3.69. The Morgan fingerprint density at radius 1 is 1.30 bits per heavy atom. The first-order valence-electron chi connectivity index (χ1n) is 6.80. The maximum Gasteiger partial charge on any atom is 0.0645 e. The van der Waals surface area contributed by atoms with E-state index in [1.165, 1.54) is 5.56 Å². The molecule has 0 amide bonds. The molecule has 3 rings (SSSR count). The molecule has 2 N–H and O–H groups in total. The van der Waals surface area contributed by atoms with E-state index in [4.69, 9.17) is 4.74 Å². The van der Waals surface area contributed by atoms with E-state index in [9.17, 15) is 5.11 Å². The van der Waals surface area contributed by atoms with Crippen LogP contribution < -0.4 is 5.32 Å². The fourth-order valence-electron chi connectivity index (χ4n) is 2.30. The van der Waals surface area contributed by atoms with Gasteiger partial charge in [0.05, 0.1) is 30.9 Å². The van der Waals surface area contributed by atoms with Crippen molar-refractivity contribution in [1.29, 1.82) is 0 Å². The van der Waals surface area contributed by atoms with Gasteiger partial charge >= 0.3 is 0 Å². The van der Waals surface area contributed by atoms with Crippen LogP contribution >= 0.6 is 0 Å². The molecule has 20 heavy (non-hydrogen) atoms. The van der Waals surface area contributed by atoms with Crippen molar-refractivity contribution >= 4 is 0 Å². The highest BCUT2D eigenvalue weighted by Gasteiger charge is 2.37. The maximum absolute atomic E-state index is 9.35. The molecule has 2 heterocycles. The van der Waals surface area contributed by atoms with Crippen LogP contribution in [0.3, 0.4) is 0 Å². The molecular weight excluding hydrogens is 254 g/mol. The number of nitrogens with zero attached hydrogens (tertiary/aromatic N) is 2. The molecule has 1 aliphatic heterocycles. The van der Waals surface area contributed by atoms with Crippen molar-refractivity contribution in [3.63, 3.8) is 0 Å². The van der Waals surface area contributed by atoms with Gasteiger partial charge in [-0.05, 0) is 23.8 Å². The Bertz CT molecular complexity index is 527. The third kappa shape index (κ3) is 2.75. The van der Waals surface area contributed by atoms with Gasteiger partial charge in [-0.1, -0.05) is 12.1 Å². The van der Waals surface area contributed by atoms with Gasteiger partial charge in [0.15, 0.2) is 0 Å². The summed E-state index contributed by atoms with van der Waals surface area (Å²) >= 11 is 0. The van der Waals surface area contributed by atoms with Crippen LogP contribution in [0, 0.1) is 5.41 Å². The van der Waals surface area contributed by atoms with Crippen molar-refractivity contribution < 1.29 is 9.84 Å². The lowest BCUT2D eigenvalue weighted by molar-refractivity contribution is -0.134. The third-order valence-electron chi connectivity index (χ3n) is 3.69. The van der Waals surface area contributed by atoms with Gasteiger partial charge in [0, 0.05) is 25.5 Å². The van der Waals surface area contributed by atoms with Crippen molar-refractivity contribution in [2.45, 2.75) is 6.54 Å². The molecule has 0 radical (unpaired) electrons. The molecular formula is C15H19N3O2. The average molecular weight is 273 g/mol.